The molecule has 1 fully saturated rings. The summed E-state index contributed by atoms with van der Waals surface area (Å²) in [6.45, 7) is 2.29. The molecule has 1 amide bonds. The van der Waals surface area contributed by atoms with Gasteiger partial charge in [0.2, 0.25) is 0 Å². The summed E-state index contributed by atoms with van der Waals surface area (Å²) < 4.78 is 0. The summed E-state index contributed by atoms with van der Waals surface area (Å²) >= 11 is 0. The van der Waals surface area contributed by atoms with E-state index in [0.717, 1.165) is 24.0 Å². The monoisotopic (exact) mass is 228 g/mol. The van der Waals surface area contributed by atoms with Crippen molar-refractivity contribution in [1.82, 2.24) is 5.32 Å². The molecule has 0 spiro atoms. The summed E-state index contributed by atoms with van der Waals surface area (Å²) in [5.41, 5.74) is 7.85. The van der Waals surface area contributed by atoms with Gasteiger partial charge in [0.05, 0.1) is 12.1 Å². The van der Waals surface area contributed by atoms with Crippen molar-refractivity contribution < 1.29 is 4.79 Å². The smallest absolute Gasteiger partial charge is 0.252 e. The fourth-order valence-corrected chi connectivity index (χ4v) is 1.60. The van der Waals surface area contributed by atoms with Crippen LogP contribution in [0.2, 0.25) is 0 Å². The van der Waals surface area contributed by atoms with Crippen LogP contribution in [0.25, 0.3) is 0 Å². The first-order chi connectivity index (χ1) is 8.20. The van der Waals surface area contributed by atoms with Crippen molar-refractivity contribution in [2.24, 2.45) is 5.73 Å². The second-order valence-corrected chi connectivity index (χ2v) is 4.30. The van der Waals surface area contributed by atoms with Gasteiger partial charge in [-0.05, 0) is 37.5 Å². The quantitative estimate of drug-likeness (QED) is 0.747. The molecule has 1 aromatic carbocycles. The third-order valence-corrected chi connectivity index (χ3v) is 2.66. The first kappa shape index (κ1) is 11.7. The van der Waals surface area contributed by atoms with E-state index >= 15 is 0 Å². The lowest BCUT2D eigenvalue weighted by Gasteiger charge is -2.06. The normalized spacial score (nSPS) is 13.8. The fraction of sp³-hybridized carbons (Fsp3) is 0.357. The van der Waals surface area contributed by atoms with Crippen LogP contribution in [0.4, 0.5) is 0 Å². The molecular formula is C14H16N2O. The number of hydrogen-bond acceptors (Lipinski definition) is 2. The Morgan fingerprint density at radius 2 is 2.29 bits per heavy atom. The van der Waals surface area contributed by atoms with Crippen molar-refractivity contribution in [3.8, 4) is 11.8 Å². The Bertz CT molecular complexity index is 493. The number of nitrogens with two attached hydrogens (primary N) is 1. The zero-order valence-electron chi connectivity index (χ0n) is 9.92. The van der Waals surface area contributed by atoms with E-state index in [-0.39, 0.29) is 5.91 Å². The van der Waals surface area contributed by atoms with Gasteiger partial charge in [-0.1, -0.05) is 17.9 Å². The molecule has 0 atom stereocenters. The number of hydrogen-bond donors (Lipinski definition) is 2. The molecule has 3 heteroatoms. The average Bonchev–Trinajstić information content (AvgIpc) is 3.10. The minimum atomic E-state index is -0.0335. The van der Waals surface area contributed by atoms with Crippen LogP contribution in [-0.2, 0) is 0 Å². The van der Waals surface area contributed by atoms with Crippen LogP contribution in [0.3, 0.4) is 0 Å². The molecule has 0 aliphatic heterocycles. The maximum atomic E-state index is 12.0. The first-order valence-corrected chi connectivity index (χ1v) is 5.81. The minimum absolute atomic E-state index is 0.0335. The first-order valence-electron chi connectivity index (χ1n) is 5.81. The Balaban J connectivity index is 2.27. The second-order valence-electron chi connectivity index (χ2n) is 4.30. The molecule has 0 radical (unpaired) electrons. The topological polar surface area (TPSA) is 55.1 Å². The highest BCUT2D eigenvalue weighted by Gasteiger charge is 2.24. The Morgan fingerprint density at radius 1 is 1.53 bits per heavy atom. The maximum absolute atomic E-state index is 12.0. The van der Waals surface area contributed by atoms with Gasteiger partial charge in [-0.2, -0.15) is 0 Å². The molecule has 0 saturated heterocycles. The summed E-state index contributed by atoms with van der Waals surface area (Å²) in [5, 5.41) is 2.97. The van der Waals surface area contributed by atoms with Gasteiger partial charge in [0.15, 0.2) is 0 Å². The lowest BCUT2D eigenvalue weighted by atomic mass is 10.0. The van der Waals surface area contributed by atoms with E-state index in [1.165, 1.54) is 0 Å². The lowest BCUT2D eigenvalue weighted by Crippen LogP contribution is -2.26. The molecule has 1 aliphatic carbocycles. The number of carbonyl (C=O) groups is 1. The minimum Gasteiger partial charge on any atom is -0.349 e. The predicted octanol–water partition coefficient (Wildman–Crippen LogP) is 1.20. The molecule has 88 valence electrons. The molecule has 0 unspecified atom stereocenters. The van der Waals surface area contributed by atoms with E-state index in [1.807, 2.05) is 25.1 Å². The molecule has 3 N–H and O–H groups in total. The van der Waals surface area contributed by atoms with E-state index in [9.17, 15) is 4.79 Å². The summed E-state index contributed by atoms with van der Waals surface area (Å²) in [6.07, 6.45) is 2.17. The zero-order chi connectivity index (χ0) is 12.3. The van der Waals surface area contributed by atoms with Gasteiger partial charge >= 0.3 is 0 Å². The highest BCUT2D eigenvalue weighted by atomic mass is 16.1. The standard InChI is InChI=1S/C14H16N2O/c1-10-4-7-13(11(9-10)3-2-8-15)14(17)16-12-5-6-12/h4,7,9,12H,5-6,8,15H2,1H3,(H,16,17). The third kappa shape index (κ3) is 3.08. The van der Waals surface area contributed by atoms with Gasteiger partial charge in [-0.3, -0.25) is 4.79 Å². The third-order valence-electron chi connectivity index (χ3n) is 2.66. The number of amides is 1. The molecule has 0 aromatic heterocycles. The Kier molecular flexibility index (Phi) is 3.46. The van der Waals surface area contributed by atoms with E-state index in [2.05, 4.69) is 17.2 Å². The van der Waals surface area contributed by atoms with Crippen molar-refractivity contribution in [2.45, 2.75) is 25.8 Å². The average molecular weight is 228 g/mol. The molecular weight excluding hydrogens is 212 g/mol. The van der Waals surface area contributed by atoms with Crippen LogP contribution in [0, 0.1) is 18.8 Å². The molecule has 2 rings (SSSR count). The van der Waals surface area contributed by atoms with E-state index in [1.54, 1.807) is 0 Å². The number of aryl methyl sites for hydroxylation is 1. The van der Waals surface area contributed by atoms with Gasteiger partial charge in [0.1, 0.15) is 0 Å². The Hall–Kier alpha value is -1.79. The van der Waals surface area contributed by atoms with Gasteiger partial charge in [0.25, 0.3) is 5.91 Å². The van der Waals surface area contributed by atoms with E-state index < -0.39 is 0 Å². The lowest BCUT2D eigenvalue weighted by molar-refractivity contribution is 0.0951. The highest BCUT2D eigenvalue weighted by molar-refractivity contribution is 5.97. The van der Waals surface area contributed by atoms with E-state index in [4.69, 9.17) is 5.73 Å². The predicted molar refractivity (Wildman–Crippen MR) is 67.6 cm³/mol. The maximum Gasteiger partial charge on any atom is 0.252 e. The van der Waals surface area contributed by atoms with Crippen molar-refractivity contribution in [2.75, 3.05) is 6.54 Å². The molecule has 0 bridgehead atoms. The Labute approximate surface area is 101 Å². The summed E-state index contributed by atoms with van der Waals surface area (Å²) in [4.78, 5) is 12.0. The largest absolute Gasteiger partial charge is 0.349 e. The summed E-state index contributed by atoms with van der Waals surface area (Å²) in [6, 6.07) is 6.03. The number of benzene rings is 1. The second kappa shape index (κ2) is 5.03. The van der Waals surface area contributed by atoms with Crippen LogP contribution in [0.1, 0.15) is 34.3 Å². The van der Waals surface area contributed by atoms with E-state index in [0.29, 0.717) is 18.2 Å². The molecule has 1 saturated carbocycles. The van der Waals surface area contributed by atoms with Crippen molar-refractivity contribution in [3.63, 3.8) is 0 Å². The Morgan fingerprint density at radius 3 is 2.94 bits per heavy atom. The number of carbonyl (C=O) groups excluding carboxylic acids is 1. The molecule has 0 heterocycles. The van der Waals surface area contributed by atoms with Crippen LogP contribution >= 0.6 is 0 Å². The number of nitrogens with one attached hydrogen (secondary N) is 1. The zero-order valence-corrected chi connectivity index (χ0v) is 9.92. The van der Waals surface area contributed by atoms with Gasteiger partial charge in [0, 0.05) is 11.6 Å². The van der Waals surface area contributed by atoms with Crippen LogP contribution in [0.15, 0.2) is 18.2 Å². The van der Waals surface area contributed by atoms with Crippen molar-refractivity contribution >= 4 is 5.91 Å². The molecule has 17 heavy (non-hydrogen) atoms. The highest BCUT2D eigenvalue weighted by Crippen LogP contribution is 2.20. The van der Waals surface area contributed by atoms with Crippen molar-refractivity contribution in [3.05, 3.63) is 34.9 Å². The van der Waals surface area contributed by atoms with Crippen LogP contribution in [-0.4, -0.2) is 18.5 Å². The van der Waals surface area contributed by atoms with Crippen LogP contribution in [0.5, 0.6) is 0 Å². The van der Waals surface area contributed by atoms with Crippen LogP contribution < -0.4 is 11.1 Å². The van der Waals surface area contributed by atoms with Gasteiger partial charge in [-0.15, -0.1) is 0 Å². The summed E-state index contributed by atoms with van der Waals surface area (Å²) in [5.74, 6) is 5.71. The van der Waals surface area contributed by atoms with Gasteiger partial charge < -0.3 is 11.1 Å². The molecule has 1 aliphatic rings. The summed E-state index contributed by atoms with van der Waals surface area (Å²) in [7, 11) is 0. The molecule has 3 nitrogen and oxygen atoms in total. The number of rotatable bonds is 2. The fourth-order valence-electron chi connectivity index (χ4n) is 1.60. The SMILES string of the molecule is Cc1ccc(C(=O)NC2CC2)c(C#CCN)c1. The molecule has 1 aromatic rings. The van der Waals surface area contributed by atoms with Crippen molar-refractivity contribution in [1.29, 1.82) is 0 Å². The van der Waals surface area contributed by atoms with Gasteiger partial charge in [-0.25, -0.2) is 0 Å².